The number of hydrogen-bond donors (Lipinski definition) is 1. The topological polar surface area (TPSA) is 68.3 Å². The third-order valence-corrected chi connectivity index (χ3v) is 4.14. The third-order valence-electron chi connectivity index (χ3n) is 4.14. The van der Waals surface area contributed by atoms with E-state index in [1.165, 1.54) is 30.5 Å². The Hall–Kier alpha value is -2.90. The Balaban J connectivity index is 2.15. The molecule has 2 rings (SSSR count). The first-order chi connectivity index (χ1) is 13.2. The molecule has 0 atom stereocenters. The number of benzene rings is 1. The van der Waals surface area contributed by atoms with Gasteiger partial charge in [0.15, 0.2) is 5.78 Å². The minimum absolute atomic E-state index is 0.129. The fourth-order valence-corrected chi connectivity index (χ4v) is 2.55. The minimum atomic E-state index is -4.44. The van der Waals surface area contributed by atoms with Gasteiger partial charge >= 0.3 is 12.3 Å². The SMILES string of the molecule is CC(C)(C)OC(=O)Nc1ccc(C(=O)C(C)(C)c2ccc(C(F)(F)F)cc2)nc1. The molecule has 0 fully saturated rings. The highest BCUT2D eigenvalue weighted by Gasteiger charge is 2.34. The van der Waals surface area contributed by atoms with Gasteiger partial charge in [0.2, 0.25) is 0 Å². The molecule has 1 N–H and O–H groups in total. The van der Waals surface area contributed by atoms with Crippen LogP contribution in [0.2, 0.25) is 0 Å². The zero-order valence-corrected chi connectivity index (χ0v) is 16.8. The number of carbonyl (C=O) groups excluding carboxylic acids is 2. The van der Waals surface area contributed by atoms with Crippen molar-refractivity contribution in [2.75, 3.05) is 5.32 Å². The third kappa shape index (κ3) is 5.79. The molecule has 0 unspecified atom stereocenters. The number of rotatable bonds is 4. The number of ketones is 1. The quantitative estimate of drug-likeness (QED) is 0.668. The molecule has 1 heterocycles. The van der Waals surface area contributed by atoms with E-state index in [-0.39, 0.29) is 11.5 Å². The summed E-state index contributed by atoms with van der Waals surface area (Å²) in [7, 11) is 0. The van der Waals surface area contributed by atoms with Crippen molar-refractivity contribution in [2.45, 2.75) is 51.8 Å². The van der Waals surface area contributed by atoms with Crippen molar-refractivity contribution in [1.29, 1.82) is 0 Å². The van der Waals surface area contributed by atoms with E-state index in [0.717, 1.165) is 12.1 Å². The monoisotopic (exact) mass is 408 g/mol. The van der Waals surface area contributed by atoms with Crippen LogP contribution in [0.15, 0.2) is 42.6 Å². The van der Waals surface area contributed by atoms with Gasteiger partial charge in [0, 0.05) is 0 Å². The Labute approximate surface area is 167 Å². The maximum atomic E-state index is 12.9. The number of aromatic nitrogens is 1. The van der Waals surface area contributed by atoms with Gasteiger partial charge in [-0.25, -0.2) is 4.79 Å². The van der Waals surface area contributed by atoms with Crippen LogP contribution in [-0.2, 0) is 16.3 Å². The molecule has 0 aliphatic rings. The van der Waals surface area contributed by atoms with Crippen LogP contribution < -0.4 is 5.32 Å². The van der Waals surface area contributed by atoms with E-state index >= 15 is 0 Å². The van der Waals surface area contributed by atoms with Crippen LogP contribution in [0.25, 0.3) is 0 Å². The Morgan fingerprint density at radius 1 is 0.897 bits per heavy atom. The van der Waals surface area contributed by atoms with Crippen molar-refractivity contribution in [1.82, 2.24) is 4.98 Å². The van der Waals surface area contributed by atoms with Crippen LogP contribution >= 0.6 is 0 Å². The fourth-order valence-electron chi connectivity index (χ4n) is 2.55. The summed E-state index contributed by atoms with van der Waals surface area (Å²) in [6, 6.07) is 7.43. The Bertz CT molecular complexity index is 881. The van der Waals surface area contributed by atoms with E-state index in [0.29, 0.717) is 11.3 Å². The van der Waals surface area contributed by atoms with E-state index in [9.17, 15) is 22.8 Å². The van der Waals surface area contributed by atoms with Crippen molar-refractivity contribution < 1.29 is 27.5 Å². The van der Waals surface area contributed by atoms with Gasteiger partial charge in [0.1, 0.15) is 11.3 Å². The number of alkyl halides is 3. The minimum Gasteiger partial charge on any atom is -0.444 e. The van der Waals surface area contributed by atoms with E-state index in [1.54, 1.807) is 34.6 Å². The molecule has 2 aromatic rings. The van der Waals surface area contributed by atoms with Crippen molar-refractivity contribution in [2.24, 2.45) is 0 Å². The first-order valence-electron chi connectivity index (χ1n) is 8.89. The molecule has 5 nitrogen and oxygen atoms in total. The largest absolute Gasteiger partial charge is 0.444 e. The van der Waals surface area contributed by atoms with Gasteiger partial charge in [-0.05, 0) is 64.4 Å². The normalized spacial score (nSPS) is 12.4. The predicted molar refractivity (Wildman–Crippen MR) is 103 cm³/mol. The molecule has 0 bridgehead atoms. The summed E-state index contributed by atoms with van der Waals surface area (Å²) in [6.07, 6.45) is -3.77. The molecule has 8 heteroatoms. The van der Waals surface area contributed by atoms with Crippen molar-refractivity contribution in [3.05, 3.63) is 59.4 Å². The molecule has 1 aromatic carbocycles. The average Bonchev–Trinajstić information content (AvgIpc) is 2.59. The lowest BCUT2D eigenvalue weighted by atomic mass is 9.79. The number of nitrogens with zero attached hydrogens (tertiary/aromatic N) is 1. The maximum Gasteiger partial charge on any atom is 0.416 e. The summed E-state index contributed by atoms with van der Waals surface area (Å²) in [6.45, 7) is 8.43. The van der Waals surface area contributed by atoms with Crippen LogP contribution in [0.1, 0.15) is 56.2 Å². The van der Waals surface area contributed by atoms with Crippen molar-refractivity contribution >= 4 is 17.6 Å². The van der Waals surface area contributed by atoms with Crippen LogP contribution in [-0.4, -0.2) is 22.5 Å². The summed E-state index contributed by atoms with van der Waals surface area (Å²) in [5.41, 5.74) is -1.60. The molecule has 0 spiro atoms. The van der Waals surface area contributed by atoms with Gasteiger partial charge in [-0.2, -0.15) is 13.2 Å². The maximum absolute atomic E-state index is 12.9. The number of carbonyl (C=O) groups is 2. The molecule has 0 aliphatic heterocycles. The van der Waals surface area contributed by atoms with Gasteiger partial charge in [-0.15, -0.1) is 0 Å². The van der Waals surface area contributed by atoms with Gasteiger partial charge < -0.3 is 4.74 Å². The predicted octanol–water partition coefficient (Wildman–Crippen LogP) is 5.61. The van der Waals surface area contributed by atoms with Gasteiger partial charge in [-0.1, -0.05) is 12.1 Å². The second-order valence-electron chi connectivity index (χ2n) is 8.09. The molecule has 1 aromatic heterocycles. The Kier molecular flexibility index (Phi) is 6.06. The Morgan fingerprint density at radius 2 is 1.45 bits per heavy atom. The van der Waals surface area contributed by atoms with Gasteiger partial charge in [0.05, 0.1) is 22.9 Å². The smallest absolute Gasteiger partial charge is 0.416 e. The number of pyridine rings is 1. The zero-order chi connectivity index (χ0) is 22.0. The Morgan fingerprint density at radius 3 is 1.90 bits per heavy atom. The second-order valence-corrected chi connectivity index (χ2v) is 8.09. The molecule has 0 aliphatic carbocycles. The summed E-state index contributed by atoms with van der Waals surface area (Å²) >= 11 is 0. The highest BCUT2D eigenvalue weighted by atomic mass is 19.4. The van der Waals surface area contributed by atoms with Crippen LogP contribution in [0.3, 0.4) is 0 Å². The number of Topliss-reactive ketones (excluding diaryl/α,β-unsaturated/α-hetero) is 1. The zero-order valence-electron chi connectivity index (χ0n) is 16.8. The molecule has 29 heavy (non-hydrogen) atoms. The number of halogens is 3. The van der Waals surface area contributed by atoms with Gasteiger partial charge in [0.25, 0.3) is 0 Å². The molecular weight excluding hydrogens is 385 g/mol. The molecular formula is C21H23F3N2O3. The number of nitrogens with one attached hydrogen (secondary N) is 1. The molecule has 156 valence electrons. The summed E-state index contributed by atoms with van der Waals surface area (Å²) < 4.78 is 43.4. The molecule has 0 radical (unpaired) electrons. The fraction of sp³-hybridized carbons (Fsp3) is 0.381. The number of ether oxygens (including phenoxy) is 1. The van der Waals surface area contributed by atoms with Crippen LogP contribution in [0, 0.1) is 0 Å². The summed E-state index contributed by atoms with van der Waals surface area (Å²) in [5, 5.41) is 2.51. The molecule has 1 amide bonds. The lowest BCUT2D eigenvalue weighted by molar-refractivity contribution is -0.137. The number of hydrogen-bond acceptors (Lipinski definition) is 4. The average molecular weight is 408 g/mol. The number of amides is 1. The van der Waals surface area contributed by atoms with Gasteiger partial charge in [-0.3, -0.25) is 15.1 Å². The molecule has 0 saturated heterocycles. The highest BCUT2D eigenvalue weighted by molar-refractivity contribution is 6.02. The van der Waals surface area contributed by atoms with E-state index in [2.05, 4.69) is 10.3 Å². The van der Waals surface area contributed by atoms with Crippen LogP contribution in [0.4, 0.5) is 23.7 Å². The second kappa shape index (κ2) is 7.85. The van der Waals surface area contributed by atoms with E-state index in [1.807, 2.05) is 0 Å². The summed E-state index contributed by atoms with van der Waals surface area (Å²) in [5.74, 6) is -0.360. The molecule has 0 saturated carbocycles. The van der Waals surface area contributed by atoms with Crippen molar-refractivity contribution in [3.63, 3.8) is 0 Å². The lowest BCUT2D eigenvalue weighted by Crippen LogP contribution is -2.30. The highest BCUT2D eigenvalue weighted by Crippen LogP contribution is 2.32. The summed E-state index contributed by atoms with van der Waals surface area (Å²) in [4.78, 5) is 28.7. The lowest BCUT2D eigenvalue weighted by Gasteiger charge is -2.24. The van der Waals surface area contributed by atoms with Crippen molar-refractivity contribution in [3.8, 4) is 0 Å². The van der Waals surface area contributed by atoms with E-state index < -0.39 is 28.8 Å². The van der Waals surface area contributed by atoms with Crippen LogP contribution in [0.5, 0.6) is 0 Å². The number of anilines is 1. The standard InChI is InChI=1S/C21H23F3N2O3/c1-19(2,3)29-18(28)26-15-10-11-16(25-12-15)17(27)20(4,5)13-6-8-14(9-7-13)21(22,23)24/h6-12H,1-5H3,(H,26,28). The first-order valence-corrected chi connectivity index (χ1v) is 8.89. The first kappa shape index (κ1) is 22.4. The van der Waals surface area contributed by atoms with E-state index in [4.69, 9.17) is 4.74 Å².